The lowest BCUT2D eigenvalue weighted by Gasteiger charge is -2.13. The third-order valence-corrected chi connectivity index (χ3v) is 5.18. The first kappa shape index (κ1) is 19.6. The minimum atomic E-state index is -2.80. The van der Waals surface area contributed by atoms with Crippen LogP contribution in [0.5, 0.6) is 5.75 Å². The van der Waals surface area contributed by atoms with Crippen LogP contribution in [0, 0.1) is 16.1 Å². The molecule has 2 N–H and O–H groups in total. The number of nitrogens with one attached hydrogen (secondary N) is 2. The molecule has 1 unspecified atom stereocenters. The van der Waals surface area contributed by atoms with Crippen LogP contribution in [-0.4, -0.2) is 26.5 Å². The number of nitriles is 1. The van der Waals surface area contributed by atoms with Crippen molar-refractivity contribution in [1.29, 1.82) is 10.0 Å². The van der Waals surface area contributed by atoms with Crippen LogP contribution in [0.25, 0.3) is 10.9 Å². The van der Waals surface area contributed by atoms with Crippen molar-refractivity contribution in [3.05, 3.63) is 53.9 Å². The second-order valence-corrected chi connectivity index (χ2v) is 8.94. The number of ether oxygens (including phenoxy) is 1. The molecule has 0 spiro atoms. The number of benzene rings is 2. The number of nitrogens with zero attached hydrogens (tertiary/aromatic N) is 3. The van der Waals surface area contributed by atoms with Gasteiger partial charge in [0.25, 0.3) is 0 Å². The van der Waals surface area contributed by atoms with E-state index < -0.39 is 9.73 Å². The van der Waals surface area contributed by atoms with Crippen molar-refractivity contribution in [2.75, 3.05) is 11.6 Å². The van der Waals surface area contributed by atoms with Gasteiger partial charge >= 0.3 is 0 Å². The predicted molar refractivity (Wildman–Crippen MR) is 109 cm³/mol. The number of anilines is 1. The SMILES string of the molecule is CC(C)Nc1ncnc2cc(OCc3cccc(S(C)(=N)=O)c3)c(C#N)cc12. The first-order valence-electron chi connectivity index (χ1n) is 8.69. The normalized spacial score (nSPS) is 13.1. The molecule has 3 aromatic rings. The highest BCUT2D eigenvalue weighted by Crippen LogP contribution is 2.29. The molecule has 0 saturated heterocycles. The van der Waals surface area contributed by atoms with Gasteiger partial charge in [-0.2, -0.15) is 5.26 Å². The molecule has 0 bridgehead atoms. The van der Waals surface area contributed by atoms with Crippen LogP contribution >= 0.6 is 0 Å². The van der Waals surface area contributed by atoms with Crippen molar-refractivity contribution in [3.8, 4) is 11.8 Å². The third kappa shape index (κ3) is 4.38. The second-order valence-electron chi connectivity index (χ2n) is 6.78. The van der Waals surface area contributed by atoms with E-state index in [0.29, 0.717) is 27.5 Å². The highest BCUT2D eigenvalue weighted by Gasteiger charge is 2.12. The molecule has 7 nitrogen and oxygen atoms in total. The Hall–Kier alpha value is -3.18. The van der Waals surface area contributed by atoms with Crippen LogP contribution in [0.15, 0.2) is 47.6 Å². The molecule has 0 aliphatic rings. The number of hydrogen-bond donors (Lipinski definition) is 2. The fourth-order valence-corrected chi connectivity index (χ4v) is 3.43. The molecular weight excluding hydrogens is 374 g/mol. The van der Waals surface area contributed by atoms with E-state index in [-0.39, 0.29) is 12.6 Å². The average Bonchev–Trinajstić information content (AvgIpc) is 2.65. The van der Waals surface area contributed by atoms with Crippen molar-refractivity contribution >= 4 is 26.4 Å². The zero-order chi connectivity index (χ0) is 20.3. The monoisotopic (exact) mass is 395 g/mol. The average molecular weight is 395 g/mol. The fraction of sp³-hybridized carbons (Fsp3) is 0.250. The van der Waals surface area contributed by atoms with Crippen LogP contribution in [0.3, 0.4) is 0 Å². The molecule has 2 aromatic carbocycles. The Morgan fingerprint density at radius 3 is 2.75 bits per heavy atom. The quantitative estimate of drug-likeness (QED) is 0.654. The maximum absolute atomic E-state index is 11.9. The minimum Gasteiger partial charge on any atom is -0.487 e. The van der Waals surface area contributed by atoms with E-state index in [1.165, 1.54) is 12.6 Å². The molecule has 1 heterocycles. The lowest BCUT2D eigenvalue weighted by atomic mass is 10.1. The van der Waals surface area contributed by atoms with E-state index in [2.05, 4.69) is 21.4 Å². The van der Waals surface area contributed by atoms with Gasteiger partial charge in [0.05, 0.1) is 20.8 Å². The lowest BCUT2D eigenvalue weighted by molar-refractivity contribution is 0.305. The van der Waals surface area contributed by atoms with Crippen molar-refractivity contribution in [1.82, 2.24) is 9.97 Å². The molecule has 8 heteroatoms. The number of hydrogen-bond acceptors (Lipinski definition) is 7. The van der Waals surface area contributed by atoms with Crippen LogP contribution in [0.2, 0.25) is 0 Å². The Morgan fingerprint density at radius 1 is 1.29 bits per heavy atom. The predicted octanol–water partition coefficient (Wildman–Crippen LogP) is 3.94. The third-order valence-electron chi connectivity index (χ3n) is 4.03. The van der Waals surface area contributed by atoms with Crippen molar-refractivity contribution in [2.45, 2.75) is 31.4 Å². The maximum Gasteiger partial charge on any atom is 0.139 e. The molecule has 3 rings (SSSR count). The summed E-state index contributed by atoms with van der Waals surface area (Å²) in [4.78, 5) is 8.99. The Kier molecular flexibility index (Phi) is 5.47. The molecule has 1 aromatic heterocycles. The molecule has 0 saturated carbocycles. The summed E-state index contributed by atoms with van der Waals surface area (Å²) in [6.07, 6.45) is 2.85. The van der Waals surface area contributed by atoms with Gasteiger partial charge in [-0.1, -0.05) is 12.1 Å². The Morgan fingerprint density at radius 2 is 2.07 bits per heavy atom. The van der Waals surface area contributed by atoms with Crippen molar-refractivity contribution in [3.63, 3.8) is 0 Å². The van der Waals surface area contributed by atoms with E-state index in [0.717, 1.165) is 10.9 Å². The molecule has 1 atom stereocenters. The molecular formula is C20H21N5O2S. The van der Waals surface area contributed by atoms with Gasteiger partial charge in [0.15, 0.2) is 0 Å². The topological polar surface area (TPSA) is 112 Å². The summed E-state index contributed by atoms with van der Waals surface area (Å²) in [6, 6.07) is 12.7. The number of fused-ring (bicyclic) bond motifs is 1. The molecule has 0 aliphatic carbocycles. The zero-order valence-corrected chi connectivity index (χ0v) is 16.7. The Balaban J connectivity index is 1.93. The summed E-state index contributed by atoms with van der Waals surface area (Å²) < 4.78 is 25.5. The molecule has 0 radical (unpaired) electrons. The maximum atomic E-state index is 11.9. The Labute approximate surface area is 164 Å². The molecule has 0 amide bonds. The van der Waals surface area contributed by atoms with Gasteiger partial charge in [-0.15, -0.1) is 0 Å². The van der Waals surface area contributed by atoms with E-state index in [4.69, 9.17) is 9.52 Å². The molecule has 144 valence electrons. The summed E-state index contributed by atoms with van der Waals surface area (Å²) in [7, 11) is -2.80. The van der Waals surface area contributed by atoms with Gasteiger partial charge in [0.1, 0.15) is 30.6 Å². The van der Waals surface area contributed by atoms with Crippen LogP contribution in [-0.2, 0) is 16.3 Å². The first-order chi connectivity index (χ1) is 13.3. The zero-order valence-electron chi connectivity index (χ0n) is 15.9. The molecule has 0 fully saturated rings. The summed E-state index contributed by atoms with van der Waals surface area (Å²) in [5.74, 6) is 1.08. The van der Waals surface area contributed by atoms with Gasteiger partial charge in [-0.3, -0.25) is 0 Å². The van der Waals surface area contributed by atoms with E-state index in [1.807, 2.05) is 19.9 Å². The van der Waals surface area contributed by atoms with Crippen LogP contribution in [0.1, 0.15) is 25.0 Å². The smallest absolute Gasteiger partial charge is 0.139 e. The summed E-state index contributed by atoms with van der Waals surface area (Å²) in [5.41, 5.74) is 1.82. The van der Waals surface area contributed by atoms with Crippen molar-refractivity contribution < 1.29 is 8.95 Å². The van der Waals surface area contributed by atoms with Crippen LogP contribution in [0.4, 0.5) is 5.82 Å². The van der Waals surface area contributed by atoms with Gasteiger partial charge in [-0.25, -0.2) is 19.0 Å². The fourth-order valence-electron chi connectivity index (χ4n) is 2.72. The second kappa shape index (κ2) is 7.82. The standard InChI is InChI=1S/C20H21N5O2S/c1-13(2)25-20-17-8-15(10-21)19(9-18(17)23-12-24-20)27-11-14-5-4-6-16(7-14)28(3,22)26/h4-9,12-13,22H,11H2,1-3H3,(H,23,24,25). The highest BCUT2D eigenvalue weighted by atomic mass is 32.2. The van der Waals surface area contributed by atoms with Crippen LogP contribution < -0.4 is 10.1 Å². The highest BCUT2D eigenvalue weighted by molar-refractivity contribution is 7.91. The van der Waals surface area contributed by atoms with Gasteiger partial charge in [0, 0.05) is 28.6 Å². The minimum absolute atomic E-state index is 0.186. The van der Waals surface area contributed by atoms with Gasteiger partial charge < -0.3 is 10.1 Å². The van der Waals surface area contributed by atoms with E-state index in [9.17, 15) is 9.47 Å². The summed E-state index contributed by atoms with van der Waals surface area (Å²) in [6.45, 7) is 4.21. The van der Waals surface area contributed by atoms with Gasteiger partial charge in [0.2, 0.25) is 0 Å². The largest absolute Gasteiger partial charge is 0.487 e. The summed E-state index contributed by atoms with van der Waals surface area (Å²) >= 11 is 0. The first-order valence-corrected chi connectivity index (χ1v) is 10.7. The molecule has 0 aliphatic heterocycles. The van der Waals surface area contributed by atoms with Gasteiger partial charge in [-0.05, 0) is 37.6 Å². The number of rotatable bonds is 6. The number of aromatic nitrogens is 2. The lowest BCUT2D eigenvalue weighted by Crippen LogP contribution is -2.11. The summed E-state index contributed by atoms with van der Waals surface area (Å²) in [5, 5.41) is 13.5. The van der Waals surface area contributed by atoms with Crippen molar-refractivity contribution in [2.24, 2.45) is 0 Å². The van der Waals surface area contributed by atoms with E-state index >= 15 is 0 Å². The Bertz CT molecular complexity index is 1170. The molecule has 28 heavy (non-hydrogen) atoms. The van der Waals surface area contributed by atoms with E-state index in [1.54, 1.807) is 30.3 Å².